The first-order valence-electron chi connectivity index (χ1n) is 8.24. The molecule has 2 N–H and O–H groups in total. The van der Waals surface area contributed by atoms with Gasteiger partial charge in [0.2, 0.25) is 5.91 Å². The van der Waals surface area contributed by atoms with Gasteiger partial charge in [-0.25, -0.2) is 9.78 Å². The predicted octanol–water partition coefficient (Wildman–Crippen LogP) is 3.64. The van der Waals surface area contributed by atoms with Crippen molar-refractivity contribution >= 4 is 39.2 Å². The van der Waals surface area contributed by atoms with Gasteiger partial charge in [-0.05, 0) is 38.2 Å². The molecule has 0 bridgehead atoms. The van der Waals surface area contributed by atoms with E-state index in [-0.39, 0.29) is 18.5 Å². The van der Waals surface area contributed by atoms with Gasteiger partial charge in [0, 0.05) is 5.69 Å². The first-order chi connectivity index (χ1) is 12.5. The van der Waals surface area contributed by atoms with Gasteiger partial charge in [-0.3, -0.25) is 15.0 Å². The highest BCUT2D eigenvalue weighted by Crippen LogP contribution is 2.28. The highest BCUT2D eigenvalue weighted by atomic mass is 32.1. The van der Waals surface area contributed by atoms with E-state index >= 15 is 0 Å². The van der Waals surface area contributed by atoms with Crippen LogP contribution in [0.25, 0.3) is 10.2 Å². The maximum Gasteiger partial charge on any atom is 0.325 e. The summed E-state index contributed by atoms with van der Waals surface area (Å²) in [7, 11) is 1.84. The topological polar surface area (TPSA) is 74.3 Å². The molecule has 3 amide bonds. The van der Waals surface area contributed by atoms with Crippen LogP contribution in [0, 0.1) is 0 Å². The lowest BCUT2D eigenvalue weighted by molar-refractivity contribution is -0.121. The van der Waals surface area contributed by atoms with Crippen molar-refractivity contribution in [2.75, 3.05) is 18.9 Å². The summed E-state index contributed by atoms with van der Waals surface area (Å²) in [5, 5.41) is 5.91. The number of aromatic nitrogens is 1. The Hall–Kier alpha value is -2.77. The second kappa shape index (κ2) is 8.07. The van der Waals surface area contributed by atoms with Crippen molar-refractivity contribution in [3.05, 3.63) is 59.6 Å². The Bertz CT molecular complexity index is 877. The Morgan fingerprint density at radius 2 is 1.81 bits per heavy atom. The lowest BCUT2D eigenvalue weighted by atomic mass is 10.3. The SMILES string of the molecule is C[C@@H](c1nc2ccccc2s1)N(C)CC(=O)NC(=O)Nc1ccccc1. The van der Waals surface area contributed by atoms with Crippen molar-refractivity contribution in [2.24, 2.45) is 0 Å². The number of nitrogens with one attached hydrogen (secondary N) is 2. The van der Waals surface area contributed by atoms with E-state index in [4.69, 9.17) is 0 Å². The van der Waals surface area contributed by atoms with Gasteiger partial charge in [-0.15, -0.1) is 11.3 Å². The molecule has 0 saturated carbocycles. The third-order valence-corrected chi connectivity index (χ3v) is 5.21. The summed E-state index contributed by atoms with van der Waals surface area (Å²) in [6, 6.07) is 16.4. The van der Waals surface area contributed by atoms with Gasteiger partial charge in [0.15, 0.2) is 0 Å². The highest BCUT2D eigenvalue weighted by Gasteiger charge is 2.19. The molecule has 0 fully saturated rings. The monoisotopic (exact) mass is 368 g/mol. The second-order valence-electron chi connectivity index (χ2n) is 5.98. The van der Waals surface area contributed by atoms with Crippen LogP contribution in [0.4, 0.5) is 10.5 Å². The molecule has 1 heterocycles. The van der Waals surface area contributed by atoms with E-state index in [1.807, 2.05) is 61.3 Å². The summed E-state index contributed by atoms with van der Waals surface area (Å²) in [4.78, 5) is 30.5. The number of amides is 3. The van der Waals surface area contributed by atoms with Crippen LogP contribution in [0.3, 0.4) is 0 Å². The summed E-state index contributed by atoms with van der Waals surface area (Å²) in [6.45, 7) is 2.09. The highest BCUT2D eigenvalue weighted by molar-refractivity contribution is 7.18. The zero-order chi connectivity index (χ0) is 18.5. The molecule has 0 unspecified atom stereocenters. The summed E-state index contributed by atoms with van der Waals surface area (Å²) in [5.74, 6) is -0.367. The second-order valence-corrected chi connectivity index (χ2v) is 7.04. The van der Waals surface area contributed by atoms with Crippen LogP contribution in [0.5, 0.6) is 0 Å². The molecule has 7 heteroatoms. The number of hydrogen-bond donors (Lipinski definition) is 2. The molecule has 0 aliphatic carbocycles. The number of hydrogen-bond acceptors (Lipinski definition) is 5. The van der Waals surface area contributed by atoms with E-state index < -0.39 is 6.03 Å². The number of nitrogens with zero attached hydrogens (tertiary/aromatic N) is 2. The lowest BCUT2D eigenvalue weighted by Gasteiger charge is -2.22. The fourth-order valence-electron chi connectivity index (χ4n) is 2.47. The molecule has 2 aromatic carbocycles. The van der Waals surface area contributed by atoms with Crippen LogP contribution >= 0.6 is 11.3 Å². The number of para-hydroxylation sites is 2. The average molecular weight is 368 g/mol. The number of anilines is 1. The van der Waals surface area contributed by atoms with Crippen molar-refractivity contribution < 1.29 is 9.59 Å². The number of benzene rings is 2. The number of urea groups is 1. The van der Waals surface area contributed by atoms with E-state index in [2.05, 4.69) is 15.6 Å². The standard InChI is InChI=1S/C19H20N4O2S/c1-13(18-21-15-10-6-7-11-16(15)26-18)23(2)12-17(24)22-19(25)20-14-8-4-3-5-9-14/h3-11,13H,12H2,1-2H3,(H2,20,22,24,25)/t13-/m0/s1. The van der Waals surface area contributed by atoms with Crippen molar-refractivity contribution in [3.8, 4) is 0 Å². The lowest BCUT2D eigenvalue weighted by Crippen LogP contribution is -2.41. The van der Waals surface area contributed by atoms with Crippen molar-refractivity contribution in [3.63, 3.8) is 0 Å². The average Bonchev–Trinajstić information content (AvgIpc) is 3.05. The van der Waals surface area contributed by atoms with Gasteiger partial charge in [0.05, 0.1) is 22.8 Å². The normalized spacial score (nSPS) is 12.1. The van der Waals surface area contributed by atoms with Gasteiger partial charge >= 0.3 is 6.03 Å². The molecular weight excluding hydrogens is 348 g/mol. The van der Waals surface area contributed by atoms with Gasteiger partial charge in [0.1, 0.15) is 5.01 Å². The number of likely N-dealkylation sites (N-methyl/N-ethyl adjacent to an activating group) is 1. The first-order valence-corrected chi connectivity index (χ1v) is 9.06. The molecule has 26 heavy (non-hydrogen) atoms. The summed E-state index contributed by atoms with van der Waals surface area (Å²) >= 11 is 1.61. The Morgan fingerprint density at radius 3 is 2.54 bits per heavy atom. The summed E-state index contributed by atoms with van der Waals surface area (Å²) in [5.41, 5.74) is 1.59. The molecule has 0 aliphatic rings. The fourth-order valence-corrected chi connectivity index (χ4v) is 3.56. The zero-order valence-electron chi connectivity index (χ0n) is 14.6. The van der Waals surface area contributed by atoms with Crippen molar-refractivity contribution in [1.29, 1.82) is 0 Å². The quantitative estimate of drug-likeness (QED) is 0.721. The van der Waals surface area contributed by atoms with Gasteiger partial charge in [-0.2, -0.15) is 0 Å². The molecule has 1 aromatic heterocycles. The molecule has 3 rings (SSSR count). The smallest absolute Gasteiger partial charge is 0.308 e. The van der Waals surface area contributed by atoms with Crippen LogP contribution in [0.1, 0.15) is 18.0 Å². The maximum atomic E-state index is 12.1. The van der Waals surface area contributed by atoms with E-state index in [1.54, 1.807) is 23.5 Å². The predicted molar refractivity (Wildman–Crippen MR) is 104 cm³/mol. The molecule has 3 aromatic rings. The molecule has 1 atom stereocenters. The zero-order valence-corrected chi connectivity index (χ0v) is 15.4. The maximum absolute atomic E-state index is 12.1. The summed E-state index contributed by atoms with van der Waals surface area (Å²) in [6.07, 6.45) is 0. The number of rotatable bonds is 5. The largest absolute Gasteiger partial charge is 0.325 e. The van der Waals surface area contributed by atoms with E-state index in [0.717, 1.165) is 15.2 Å². The van der Waals surface area contributed by atoms with E-state index in [9.17, 15) is 9.59 Å². The van der Waals surface area contributed by atoms with Gasteiger partial charge < -0.3 is 5.32 Å². The molecule has 0 aliphatic heterocycles. The number of carbonyl (C=O) groups is 2. The summed E-state index contributed by atoms with van der Waals surface area (Å²) < 4.78 is 1.12. The number of carbonyl (C=O) groups excluding carboxylic acids is 2. The van der Waals surface area contributed by atoms with E-state index in [1.165, 1.54) is 0 Å². The van der Waals surface area contributed by atoms with Crippen LogP contribution in [-0.2, 0) is 4.79 Å². The third kappa shape index (κ3) is 4.44. The van der Waals surface area contributed by atoms with Crippen LogP contribution in [0.15, 0.2) is 54.6 Å². The van der Waals surface area contributed by atoms with Crippen LogP contribution in [-0.4, -0.2) is 35.4 Å². The Kier molecular flexibility index (Phi) is 5.60. The fraction of sp³-hybridized carbons (Fsp3) is 0.211. The van der Waals surface area contributed by atoms with E-state index in [0.29, 0.717) is 5.69 Å². The van der Waals surface area contributed by atoms with Crippen molar-refractivity contribution in [2.45, 2.75) is 13.0 Å². The molecule has 0 saturated heterocycles. The molecular formula is C19H20N4O2S. The Balaban J connectivity index is 1.55. The Labute approximate surface area is 155 Å². The Morgan fingerprint density at radius 1 is 1.12 bits per heavy atom. The third-order valence-electron chi connectivity index (χ3n) is 4.01. The molecule has 6 nitrogen and oxygen atoms in total. The number of fused-ring (bicyclic) bond motifs is 1. The van der Waals surface area contributed by atoms with Crippen LogP contribution < -0.4 is 10.6 Å². The first kappa shape index (κ1) is 18.0. The molecule has 134 valence electrons. The minimum absolute atomic E-state index is 0.0321. The molecule has 0 spiro atoms. The molecule has 0 radical (unpaired) electrons. The minimum atomic E-state index is -0.540. The van der Waals surface area contributed by atoms with Crippen molar-refractivity contribution in [1.82, 2.24) is 15.2 Å². The van der Waals surface area contributed by atoms with Crippen LogP contribution in [0.2, 0.25) is 0 Å². The van der Waals surface area contributed by atoms with Gasteiger partial charge in [-0.1, -0.05) is 30.3 Å². The number of imide groups is 1. The van der Waals surface area contributed by atoms with Gasteiger partial charge in [0.25, 0.3) is 0 Å². The minimum Gasteiger partial charge on any atom is -0.308 e. The number of thiazole rings is 1.